The van der Waals surface area contributed by atoms with Gasteiger partial charge >= 0.3 is 6.09 Å². The van der Waals surface area contributed by atoms with E-state index >= 15 is 0 Å². The van der Waals surface area contributed by atoms with Crippen molar-refractivity contribution in [2.24, 2.45) is 5.73 Å². The number of amidine groups is 1. The van der Waals surface area contributed by atoms with Crippen molar-refractivity contribution in [3.05, 3.63) is 0 Å². The van der Waals surface area contributed by atoms with E-state index in [1.165, 1.54) is 0 Å². The van der Waals surface area contributed by atoms with E-state index in [2.05, 4.69) is 0 Å². The Morgan fingerprint density at radius 2 is 2.38 bits per heavy atom. The molecular weight excluding hydrogens is 170 g/mol. The van der Waals surface area contributed by atoms with Gasteiger partial charge in [0, 0.05) is 6.54 Å². The highest BCUT2D eigenvalue weighted by Gasteiger charge is 2.22. The topological polar surface area (TPSA) is 79.4 Å². The zero-order valence-corrected chi connectivity index (χ0v) is 7.75. The fourth-order valence-corrected chi connectivity index (χ4v) is 1.50. The fraction of sp³-hybridized carbons (Fsp3) is 0.750. The summed E-state index contributed by atoms with van der Waals surface area (Å²) in [6, 6.07) is 0. The summed E-state index contributed by atoms with van der Waals surface area (Å²) in [6.45, 7) is 3.19. The highest BCUT2D eigenvalue weighted by molar-refractivity contribution is 5.76. The molecule has 1 aliphatic rings. The molecule has 0 bridgehead atoms. The first-order valence-corrected chi connectivity index (χ1v) is 4.36. The van der Waals surface area contributed by atoms with Crippen molar-refractivity contribution >= 4 is 11.9 Å². The Morgan fingerprint density at radius 1 is 1.69 bits per heavy atom. The van der Waals surface area contributed by atoms with E-state index in [1.54, 1.807) is 6.92 Å². The third-order valence-corrected chi connectivity index (χ3v) is 2.14. The highest BCUT2D eigenvalue weighted by Crippen LogP contribution is 2.12. The van der Waals surface area contributed by atoms with Crippen LogP contribution in [0.4, 0.5) is 4.79 Å². The molecule has 1 rings (SSSR count). The molecule has 13 heavy (non-hydrogen) atoms. The van der Waals surface area contributed by atoms with Crippen molar-refractivity contribution < 1.29 is 9.53 Å². The van der Waals surface area contributed by atoms with Gasteiger partial charge in [-0.05, 0) is 19.8 Å². The molecule has 5 heteroatoms. The van der Waals surface area contributed by atoms with Gasteiger partial charge in [-0.2, -0.15) is 0 Å². The Morgan fingerprint density at radius 3 is 2.92 bits per heavy atom. The van der Waals surface area contributed by atoms with Gasteiger partial charge in [0.05, 0.1) is 12.4 Å². The van der Waals surface area contributed by atoms with Crippen LogP contribution in [0.5, 0.6) is 0 Å². The first-order valence-electron chi connectivity index (χ1n) is 4.36. The van der Waals surface area contributed by atoms with Gasteiger partial charge in [-0.3, -0.25) is 5.41 Å². The number of carbonyl (C=O) groups excluding carboxylic acids is 1. The Kier molecular flexibility index (Phi) is 3.11. The first-order chi connectivity index (χ1) is 6.09. The average molecular weight is 185 g/mol. The molecule has 1 saturated heterocycles. The van der Waals surface area contributed by atoms with Gasteiger partial charge in [-0.25, -0.2) is 4.79 Å². The zero-order chi connectivity index (χ0) is 9.84. The molecule has 0 radical (unpaired) electrons. The number of primary amides is 1. The van der Waals surface area contributed by atoms with Crippen LogP contribution in [-0.2, 0) is 4.74 Å². The summed E-state index contributed by atoms with van der Waals surface area (Å²) in [5.41, 5.74) is 4.91. The van der Waals surface area contributed by atoms with Gasteiger partial charge < -0.3 is 15.4 Å². The average Bonchev–Trinajstić information content (AvgIpc) is 2.03. The van der Waals surface area contributed by atoms with Crippen LogP contribution in [-0.4, -0.2) is 36.0 Å². The third-order valence-electron chi connectivity index (χ3n) is 2.14. The van der Waals surface area contributed by atoms with E-state index in [9.17, 15) is 4.79 Å². The minimum atomic E-state index is -0.727. The molecule has 1 fully saturated rings. The smallest absolute Gasteiger partial charge is 0.404 e. The van der Waals surface area contributed by atoms with Crippen molar-refractivity contribution in [2.45, 2.75) is 25.9 Å². The number of hydrogen-bond donors (Lipinski definition) is 2. The van der Waals surface area contributed by atoms with E-state index in [4.69, 9.17) is 15.9 Å². The molecule has 3 N–H and O–H groups in total. The minimum Gasteiger partial charge on any atom is -0.445 e. The molecule has 1 heterocycles. The van der Waals surface area contributed by atoms with E-state index in [-0.39, 0.29) is 6.10 Å². The van der Waals surface area contributed by atoms with Crippen molar-refractivity contribution in [3.63, 3.8) is 0 Å². The summed E-state index contributed by atoms with van der Waals surface area (Å²) in [4.78, 5) is 12.4. The maximum atomic E-state index is 10.5. The van der Waals surface area contributed by atoms with Crippen molar-refractivity contribution in [1.29, 1.82) is 5.41 Å². The quantitative estimate of drug-likeness (QED) is 0.462. The number of amides is 1. The molecule has 5 nitrogen and oxygen atoms in total. The molecule has 0 aromatic heterocycles. The molecule has 74 valence electrons. The van der Waals surface area contributed by atoms with Gasteiger partial charge in [0.1, 0.15) is 6.10 Å². The van der Waals surface area contributed by atoms with Crippen molar-refractivity contribution in [2.75, 3.05) is 13.1 Å². The molecular formula is C8H15N3O2. The normalized spacial score (nSPS) is 22.5. The van der Waals surface area contributed by atoms with E-state index < -0.39 is 6.09 Å². The molecule has 1 unspecified atom stereocenters. The van der Waals surface area contributed by atoms with Crippen LogP contribution in [0.25, 0.3) is 0 Å². The number of hydrogen-bond acceptors (Lipinski definition) is 3. The summed E-state index contributed by atoms with van der Waals surface area (Å²) in [7, 11) is 0. The van der Waals surface area contributed by atoms with Gasteiger partial charge in [-0.15, -0.1) is 0 Å². The molecule has 1 amide bonds. The monoisotopic (exact) mass is 185 g/mol. The maximum Gasteiger partial charge on any atom is 0.404 e. The summed E-state index contributed by atoms with van der Waals surface area (Å²) in [6.07, 6.45) is 0.905. The zero-order valence-electron chi connectivity index (χ0n) is 7.75. The molecule has 0 spiro atoms. The number of nitrogens with one attached hydrogen (secondary N) is 1. The van der Waals surface area contributed by atoms with Crippen LogP contribution in [0, 0.1) is 5.41 Å². The molecule has 0 saturated carbocycles. The van der Waals surface area contributed by atoms with Crippen LogP contribution in [0.2, 0.25) is 0 Å². The third kappa shape index (κ3) is 2.93. The predicted molar refractivity (Wildman–Crippen MR) is 48.7 cm³/mol. The van der Waals surface area contributed by atoms with Gasteiger partial charge in [0.15, 0.2) is 0 Å². The van der Waals surface area contributed by atoms with Crippen LogP contribution in [0.15, 0.2) is 0 Å². The lowest BCUT2D eigenvalue weighted by Crippen LogP contribution is -2.43. The van der Waals surface area contributed by atoms with E-state index in [1.807, 2.05) is 4.90 Å². The Hall–Kier alpha value is -1.26. The number of piperidine rings is 1. The largest absolute Gasteiger partial charge is 0.445 e. The second kappa shape index (κ2) is 4.11. The second-order valence-corrected chi connectivity index (χ2v) is 3.23. The van der Waals surface area contributed by atoms with Gasteiger partial charge in [0.25, 0.3) is 0 Å². The first kappa shape index (κ1) is 9.83. The fourth-order valence-electron chi connectivity index (χ4n) is 1.50. The van der Waals surface area contributed by atoms with E-state index in [0.717, 1.165) is 19.4 Å². The number of rotatable bonds is 1. The predicted octanol–water partition coefficient (Wildman–Crippen LogP) is 0.543. The molecule has 0 aromatic rings. The van der Waals surface area contributed by atoms with Crippen molar-refractivity contribution in [1.82, 2.24) is 4.90 Å². The van der Waals surface area contributed by atoms with Crippen LogP contribution < -0.4 is 5.73 Å². The SMILES string of the molecule is CC(=N)N1CCCC(OC(N)=O)C1. The number of likely N-dealkylation sites (tertiary alicyclic amines) is 1. The Bertz CT molecular complexity index is 217. The number of nitrogens with two attached hydrogens (primary N) is 1. The second-order valence-electron chi connectivity index (χ2n) is 3.23. The van der Waals surface area contributed by atoms with Gasteiger partial charge in [-0.1, -0.05) is 0 Å². The van der Waals surface area contributed by atoms with E-state index in [0.29, 0.717) is 12.4 Å². The highest BCUT2D eigenvalue weighted by atomic mass is 16.6. The Balaban J connectivity index is 2.41. The molecule has 0 aliphatic carbocycles. The molecule has 1 aliphatic heterocycles. The van der Waals surface area contributed by atoms with Crippen LogP contribution in [0.3, 0.4) is 0 Å². The summed E-state index contributed by atoms with van der Waals surface area (Å²) in [5, 5.41) is 7.42. The minimum absolute atomic E-state index is 0.147. The number of ether oxygens (including phenoxy) is 1. The standard InChI is InChI=1S/C8H15N3O2/c1-6(9)11-4-2-3-7(5-11)13-8(10)12/h7,9H,2-5H2,1H3,(H2,10,12). The van der Waals surface area contributed by atoms with Crippen LogP contribution >= 0.6 is 0 Å². The Labute approximate surface area is 77.3 Å². The number of carbonyl (C=O) groups is 1. The van der Waals surface area contributed by atoms with Crippen LogP contribution in [0.1, 0.15) is 19.8 Å². The summed E-state index contributed by atoms with van der Waals surface area (Å²) in [5.74, 6) is 0.512. The molecule has 0 aromatic carbocycles. The number of nitrogens with zero attached hydrogens (tertiary/aromatic N) is 1. The van der Waals surface area contributed by atoms with Crippen molar-refractivity contribution in [3.8, 4) is 0 Å². The lowest BCUT2D eigenvalue weighted by Gasteiger charge is -2.32. The summed E-state index contributed by atoms with van der Waals surface area (Å²) >= 11 is 0. The lowest BCUT2D eigenvalue weighted by atomic mass is 10.1. The maximum absolute atomic E-state index is 10.5. The molecule has 1 atom stereocenters. The lowest BCUT2D eigenvalue weighted by molar-refractivity contribution is 0.0677. The summed E-state index contributed by atoms with van der Waals surface area (Å²) < 4.78 is 4.87. The van der Waals surface area contributed by atoms with Gasteiger partial charge in [0.2, 0.25) is 0 Å².